The Balaban J connectivity index is 1.54. The zero-order chi connectivity index (χ0) is 17.8. The van der Waals surface area contributed by atoms with Crippen LogP contribution in [0.2, 0.25) is 0 Å². The van der Waals surface area contributed by atoms with E-state index in [0.29, 0.717) is 5.92 Å². The van der Waals surface area contributed by atoms with Crippen LogP contribution in [0.3, 0.4) is 0 Å². The Morgan fingerprint density at radius 2 is 1.62 bits per heavy atom. The van der Waals surface area contributed by atoms with E-state index in [4.69, 9.17) is 0 Å². The summed E-state index contributed by atoms with van der Waals surface area (Å²) < 4.78 is 2.77. The van der Waals surface area contributed by atoms with Gasteiger partial charge in [0.2, 0.25) is 0 Å². The summed E-state index contributed by atoms with van der Waals surface area (Å²) in [5, 5.41) is 7.79. The number of anilines is 1. The molecule has 4 nitrogen and oxygen atoms in total. The van der Waals surface area contributed by atoms with Gasteiger partial charge in [0.25, 0.3) is 0 Å². The minimum Gasteiger partial charge on any atom is -0.368 e. The van der Waals surface area contributed by atoms with Crippen LogP contribution in [0, 0.1) is 0 Å². The molecule has 130 valence electrons. The van der Waals surface area contributed by atoms with E-state index in [-0.39, 0.29) is 0 Å². The molecule has 2 heterocycles. The van der Waals surface area contributed by atoms with Crippen molar-refractivity contribution < 1.29 is 0 Å². The molecule has 0 atom stereocenters. The maximum Gasteiger partial charge on any atom is 0.153 e. The molecule has 4 aromatic rings. The predicted octanol–water partition coefficient (Wildman–Crippen LogP) is 5.13. The van der Waals surface area contributed by atoms with Gasteiger partial charge in [0, 0.05) is 24.9 Å². The first-order valence-corrected chi connectivity index (χ1v) is 9.44. The van der Waals surface area contributed by atoms with Gasteiger partial charge in [0.1, 0.15) is 5.52 Å². The van der Waals surface area contributed by atoms with E-state index in [1.54, 1.807) is 12.4 Å². The summed E-state index contributed by atoms with van der Waals surface area (Å²) in [6.45, 7) is 0.818. The number of hydrogen-bond acceptors (Lipinski definition) is 3. The Morgan fingerprint density at radius 3 is 2.27 bits per heavy atom. The van der Waals surface area contributed by atoms with Crippen LogP contribution in [-0.4, -0.2) is 21.1 Å². The average molecular weight is 407 g/mol. The van der Waals surface area contributed by atoms with Crippen LogP contribution in [0.1, 0.15) is 23.5 Å². The largest absolute Gasteiger partial charge is 0.368 e. The van der Waals surface area contributed by atoms with Gasteiger partial charge in [-0.05, 0) is 33.5 Å². The first-order chi connectivity index (χ1) is 12.8. The van der Waals surface area contributed by atoms with Crippen molar-refractivity contribution in [2.24, 2.45) is 0 Å². The zero-order valence-electron chi connectivity index (χ0n) is 14.2. The molecule has 2 aromatic heterocycles. The number of benzene rings is 2. The standard InChI is InChI=1S/C21H19BrN4/c22-19-15-25-26-14-13-24-21(20(19)26)23-12-11-18(16-7-3-1-4-8-16)17-9-5-2-6-10-17/h1-10,13-15,18H,11-12H2,(H,23,24). The van der Waals surface area contributed by atoms with Crippen molar-refractivity contribution in [1.29, 1.82) is 0 Å². The molecule has 0 aliphatic rings. The van der Waals surface area contributed by atoms with Gasteiger partial charge in [-0.3, -0.25) is 0 Å². The third-order valence-corrected chi connectivity index (χ3v) is 5.10. The number of nitrogens with one attached hydrogen (secondary N) is 1. The van der Waals surface area contributed by atoms with Gasteiger partial charge >= 0.3 is 0 Å². The molecule has 0 saturated heterocycles. The van der Waals surface area contributed by atoms with E-state index in [2.05, 4.69) is 92.0 Å². The number of nitrogens with zero attached hydrogens (tertiary/aromatic N) is 3. The first-order valence-electron chi connectivity index (χ1n) is 8.64. The van der Waals surface area contributed by atoms with Gasteiger partial charge in [0.15, 0.2) is 5.82 Å². The van der Waals surface area contributed by atoms with E-state index in [1.807, 2.05) is 10.7 Å². The highest BCUT2D eigenvalue weighted by Crippen LogP contribution is 2.28. The maximum atomic E-state index is 4.48. The van der Waals surface area contributed by atoms with Crippen LogP contribution in [-0.2, 0) is 0 Å². The Kier molecular flexibility index (Phi) is 4.97. The Hall–Kier alpha value is -2.66. The van der Waals surface area contributed by atoms with Gasteiger partial charge in [-0.2, -0.15) is 5.10 Å². The van der Waals surface area contributed by atoms with Crippen molar-refractivity contribution in [1.82, 2.24) is 14.6 Å². The van der Waals surface area contributed by atoms with Crippen LogP contribution in [0.25, 0.3) is 5.52 Å². The summed E-state index contributed by atoms with van der Waals surface area (Å²) in [6.07, 6.45) is 6.38. The van der Waals surface area contributed by atoms with Crippen molar-refractivity contribution in [3.8, 4) is 0 Å². The van der Waals surface area contributed by atoms with Crippen LogP contribution >= 0.6 is 15.9 Å². The molecule has 2 aromatic carbocycles. The normalized spacial score (nSPS) is 11.2. The minimum atomic E-state index is 0.345. The molecule has 0 aliphatic carbocycles. The van der Waals surface area contributed by atoms with Gasteiger partial charge in [-0.25, -0.2) is 9.50 Å². The molecule has 0 aliphatic heterocycles. The maximum absolute atomic E-state index is 4.48. The lowest BCUT2D eigenvalue weighted by Crippen LogP contribution is -2.11. The van der Waals surface area contributed by atoms with E-state index in [0.717, 1.165) is 28.8 Å². The SMILES string of the molecule is Brc1cnn2ccnc(NCCC(c3ccccc3)c3ccccc3)c12. The lowest BCUT2D eigenvalue weighted by Gasteiger charge is -2.19. The predicted molar refractivity (Wildman–Crippen MR) is 109 cm³/mol. The fourth-order valence-corrected chi connectivity index (χ4v) is 3.73. The summed E-state index contributed by atoms with van der Waals surface area (Å²) in [6, 6.07) is 21.3. The second-order valence-corrected chi connectivity index (χ2v) is 7.01. The molecule has 0 fully saturated rings. The molecule has 4 rings (SSSR count). The number of fused-ring (bicyclic) bond motifs is 1. The van der Waals surface area contributed by atoms with Crippen LogP contribution < -0.4 is 5.32 Å². The Labute approximate surface area is 161 Å². The zero-order valence-corrected chi connectivity index (χ0v) is 15.8. The molecule has 0 bridgehead atoms. The minimum absolute atomic E-state index is 0.345. The number of hydrogen-bond donors (Lipinski definition) is 1. The highest BCUT2D eigenvalue weighted by atomic mass is 79.9. The second kappa shape index (κ2) is 7.70. The van der Waals surface area contributed by atoms with Crippen LogP contribution in [0.15, 0.2) is 83.7 Å². The van der Waals surface area contributed by atoms with Crippen LogP contribution in [0.5, 0.6) is 0 Å². The van der Waals surface area contributed by atoms with Crippen molar-refractivity contribution in [2.45, 2.75) is 12.3 Å². The molecule has 0 unspecified atom stereocenters. The summed E-state index contributed by atoms with van der Waals surface area (Å²) in [4.78, 5) is 4.48. The number of halogens is 1. The molecular formula is C21H19BrN4. The molecule has 0 saturated carbocycles. The highest BCUT2D eigenvalue weighted by Gasteiger charge is 2.14. The van der Waals surface area contributed by atoms with E-state index in [1.165, 1.54) is 11.1 Å². The summed E-state index contributed by atoms with van der Waals surface area (Å²) in [5.74, 6) is 1.19. The molecule has 0 spiro atoms. The third-order valence-electron chi connectivity index (χ3n) is 4.52. The Bertz CT molecular complexity index is 943. The smallest absolute Gasteiger partial charge is 0.153 e. The molecule has 0 radical (unpaired) electrons. The van der Waals surface area contributed by atoms with E-state index >= 15 is 0 Å². The van der Waals surface area contributed by atoms with E-state index < -0.39 is 0 Å². The second-order valence-electron chi connectivity index (χ2n) is 6.15. The van der Waals surface area contributed by atoms with Crippen LogP contribution in [0.4, 0.5) is 5.82 Å². The average Bonchev–Trinajstić information content (AvgIpc) is 3.08. The van der Waals surface area contributed by atoms with Crippen molar-refractivity contribution >= 4 is 27.3 Å². The highest BCUT2D eigenvalue weighted by molar-refractivity contribution is 9.10. The summed E-state index contributed by atoms with van der Waals surface area (Å²) in [7, 11) is 0. The molecular weight excluding hydrogens is 388 g/mol. The van der Waals surface area contributed by atoms with Gasteiger partial charge in [0.05, 0.1) is 10.7 Å². The summed E-state index contributed by atoms with van der Waals surface area (Å²) in [5.41, 5.74) is 3.62. The quantitative estimate of drug-likeness (QED) is 0.482. The molecule has 0 amide bonds. The van der Waals surface area contributed by atoms with Gasteiger partial charge in [-0.15, -0.1) is 0 Å². The molecule has 26 heavy (non-hydrogen) atoms. The fraction of sp³-hybridized carbons (Fsp3) is 0.143. The first kappa shape index (κ1) is 16.8. The van der Waals surface area contributed by atoms with Gasteiger partial charge in [-0.1, -0.05) is 60.7 Å². The third kappa shape index (κ3) is 3.48. The monoisotopic (exact) mass is 406 g/mol. The summed E-state index contributed by atoms with van der Waals surface area (Å²) >= 11 is 3.55. The topological polar surface area (TPSA) is 42.2 Å². The van der Waals surface area contributed by atoms with Crippen molar-refractivity contribution in [3.05, 3.63) is 94.9 Å². The lowest BCUT2D eigenvalue weighted by atomic mass is 9.88. The number of aromatic nitrogens is 3. The van der Waals surface area contributed by atoms with Crippen molar-refractivity contribution in [3.63, 3.8) is 0 Å². The molecule has 1 N–H and O–H groups in total. The number of rotatable bonds is 6. The lowest BCUT2D eigenvalue weighted by molar-refractivity contribution is 0.743. The fourth-order valence-electron chi connectivity index (χ4n) is 3.27. The molecule has 5 heteroatoms. The van der Waals surface area contributed by atoms with Gasteiger partial charge < -0.3 is 5.32 Å². The van der Waals surface area contributed by atoms with Crippen molar-refractivity contribution in [2.75, 3.05) is 11.9 Å². The van der Waals surface area contributed by atoms with E-state index in [9.17, 15) is 0 Å². The Morgan fingerprint density at radius 1 is 0.962 bits per heavy atom.